The Balaban J connectivity index is 2.45. The van der Waals surface area contributed by atoms with Crippen LogP contribution in [0.3, 0.4) is 0 Å². The Labute approximate surface area is 62.3 Å². The number of rotatable bonds is 1. The second kappa shape index (κ2) is 3.32. The van der Waals surface area contributed by atoms with E-state index in [4.69, 9.17) is 4.74 Å². The average molecular weight is 144 g/mol. The van der Waals surface area contributed by atoms with Crippen LogP contribution in [0.15, 0.2) is 0 Å². The van der Waals surface area contributed by atoms with E-state index in [1.54, 1.807) is 0 Å². The monoisotopic (exact) mass is 144 g/mol. The maximum absolute atomic E-state index is 5.34. The van der Waals surface area contributed by atoms with Crippen LogP contribution in [0.5, 0.6) is 0 Å². The first-order valence-corrected chi connectivity index (χ1v) is 3.79. The first-order chi connectivity index (χ1) is 4.75. The first kappa shape index (κ1) is 7.98. The Hall–Kier alpha value is -0.120. The largest absolute Gasteiger partial charge is 0.378 e. The minimum Gasteiger partial charge on any atom is -0.378 e. The van der Waals surface area contributed by atoms with Crippen molar-refractivity contribution in [2.24, 2.45) is 0 Å². The Kier molecular flexibility index (Phi) is 2.65. The summed E-state index contributed by atoms with van der Waals surface area (Å²) in [5.41, 5.74) is 3.16. The lowest BCUT2D eigenvalue weighted by Crippen LogP contribution is -2.54. The number of nitrogens with zero attached hydrogens (tertiary/aromatic N) is 1. The molecule has 1 heterocycles. The highest BCUT2D eigenvalue weighted by molar-refractivity contribution is 4.73. The van der Waals surface area contributed by atoms with E-state index in [9.17, 15) is 0 Å². The molecule has 0 aromatic carbocycles. The molecule has 2 atom stereocenters. The predicted octanol–water partition coefficient (Wildman–Crippen LogP) is 0.230. The molecule has 0 aromatic heterocycles. The summed E-state index contributed by atoms with van der Waals surface area (Å²) in [7, 11) is 1.96. The molecule has 1 saturated heterocycles. The summed E-state index contributed by atoms with van der Waals surface area (Å²) in [6.45, 7) is 5.99. The predicted molar refractivity (Wildman–Crippen MR) is 40.6 cm³/mol. The molecule has 1 rings (SSSR count). The molecule has 0 spiro atoms. The molecule has 0 bridgehead atoms. The van der Waals surface area contributed by atoms with Gasteiger partial charge in [-0.3, -0.25) is 5.43 Å². The number of morpholine rings is 1. The summed E-state index contributed by atoms with van der Waals surface area (Å²) >= 11 is 0. The number of hydrazine groups is 1. The fourth-order valence-corrected chi connectivity index (χ4v) is 1.44. The SMILES string of the molecule is CNN1[C@H](C)COC[C@@H]1C. The van der Waals surface area contributed by atoms with Gasteiger partial charge in [0.05, 0.1) is 13.2 Å². The van der Waals surface area contributed by atoms with Crippen molar-refractivity contribution in [1.29, 1.82) is 0 Å². The molecule has 0 unspecified atom stereocenters. The fraction of sp³-hybridized carbons (Fsp3) is 1.00. The van der Waals surface area contributed by atoms with Gasteiger partial charge in [-0.05, 0) is 20.9 Å². The van der Waals surface area contributed by atoms with Crippen LogP contribution in [0.2, 0.25) is 0 Å². The van der Waals surface area contributed by atoms with Gasteiger partial charge < -0.3 is 4.74 Å². The van der Waals surface area contributed by atoms with E-state index < -0.39 is 0 Å². The fourth-order valence-electron chi connectivity index (χ4n) is 1.44. The van der Waals surface area contributed by atoms with E-state index in [-0.39, 0.29) is 0 Å². The molecule has 0 aliphatic carbocycles. The molecule has 3 heteroatoms. The number of hydrogen-bond donors (Lipinski definition) is 1. The van der Waals surface area contributed by atoms with Crippen LogP contribution in [-0.2, 0) is 4.74 Å². The second-order valence-electron chi connectivity index (χ2n) is 2.87. The van der Waals surface area contributed by atoms with Gasteiger partial charge in [0.1, 0.15) is 0 Å². The molecule has 1 aliphatic rings. The van der Waals surface area contributed by atoms with Gasteiger partial charge in [0, 0.05) is 12.1 Å². The topological polar surface area (TPSA) is 24.5 Å². The van der Waals surface area contributed by atoms with Crippen LogP contribution in [0.1, 0.15) is 13.8 Å². The molecule has 1 fully saturated rings. The van der Waals surface area contributed by atoms with Crippen molar-refractivity contribution in [3.63, 3.8) is 0 Å². The molecule has 0 amide bonds. The van der Waals surface area contributed by atoms with Gasteiger partial charge in [0.25, 0.3) is 0 Å². The maximum atomic E-state index is 5.34. The van der Waals surface area contributed by atoms with E-state index in [0.29, 0.717) is 12.1 Å². The van der Waals surface area contributed by atoms with E-state index in [1.807, 2.05) is 7.05 Å². The van der Waals surface area contributed by atoms with Crippen molar-refractivity contribution in [3.8, 4) is 0 Å². The molecule has 1 N–H and O–H groups in total. The number of nitrogens with one attached hydrogen (secondary N) is 1. The van der Waals surface area contributed by atoms with Crippen LogP contribution < -0.4 is 5.43 Å². The third-order valence-corrected chi connectivity index (χ3v) is 1.93. The zero-order chi connectivity index (χ0) is 7.56. The van der Waals surface area contributed by atoms with Gasteiger partial charge in [-0.1, -0.05) is 0 Å². The van der Waals surface area contributed by atoms with Gasteiger partial charge in [-0.2, -0.15) is 0 Å². The minimum absolute atomic E-state index is 0.494. The summed E-state index contributed by atoms with van der Waals surface area (Å²) in [5, 5.41) is 2.23. The molecular weight excluding hydrogens is 128 g/mol. The average Bonchev–Trinajstić information content (AvgIpc) is 1.88. The summed E-state index contributed by atoms with van der Waals surface area (Å²) in [6.07, 6.45) is 0. The molecular formula is C7H16N2O. The van der Waals surface area contributed by atoms with Gasteiger partial charge in [-0.25, -0.2) is 5.01 Å². The molecule has 0 saturated carbocycles. The molecule has 1 aliphatic heterocycles. The summed E-state index contributed by atoms with van der Waals surface area (Å²) in [4.78, 5) is 0. The quantitative estimate of drug-likeness (QED) is 0.570. The van der Waals surface area contributed by atoms with Crippen molar-refractivity contribution in [1.82, 2.24) is 10.4 Å². The Bertz CT molecular complexity index is 97.8. The first-order valence-electron chi connectivity index (χ1n) is 3.79. The molecule has 0 aromatic rings. The van der Waals surface area contributed by atoms with E-state index in [1.165, 1.54) is 0 Å². The molecule has 60 valence electrons. The van der Waals surface area contributed by atoms with Gasteiger partial charge in [0.2, 0.25) is 0 Å². The highest BCUT2D eigenvalue weighted by atomic mass is 16.5. The lowest BCUT2D eigenvalue weighted by molar-refractivity contribution is -0.0591. The second-order valence-corrected chi connectivity index (χ2v) is 2.87. The van der Waals surface area contributed by atoms with Gasteiger partial charge in [-0.15, -0.1) is 0 Å². The van der Waals surface area contributed by atoms with Crippen LogP contribution in [0.4, 0.5) is 0 Å². The zero-order valence-corrected chi connectivity index (χ0v) is 6.92. The number of ether oxygens (including phenoxy) is 1. The van der Waals surface area contributed by atoms with Crippen LogP contribution in [0.25, 0.3) is 0 Å². The third kappa shape index (κ3) is 1.48. The third-order valence-electron chi connectivity index (χ3n) is 1.93. The highest BCUT2D eigenvalue weighted by Crippen LogP contribution is 2.08. The lowest BCUT2D eigenvalue weighted by atomic mass is 10.2. The number of hydrogen-bond acceptors (Lipinski definition) is 3. The van der Waals surface area contributed by atoms with Crippen molar-refractivity contribution < 1.29 is 4.74 Å². The van der Waals surface area contributed by atoms with E-state index >= 15 is 0 Å². The smallest absolute Gasteiger partial charge is 0.0634 e. The molecule has 10 heavy (non-hydrogen) atoms. The van der Waals surface area contributed by atoms with Crippen molar-refractivity contribution in [2.45, 2.75) is 25.9 Å². The Morgan fingerprint density at radius 3 is 2.10 bits per heavy atom. The van der Waals surface area contributed by atoms with Crippen LogP contribution >= 0.6 is 0 Å². The maximum Gasteiger partial charge on any atom is 0.0634 e. The summed E-state index contributed by atoms with van der Waals surface area (Å²) in [6, 6.07) is 0.988. The minimum atomic E-state index is 0.494. The van der Waals surface area contributed by atoms with Crippen molar-refractivity contribution in [2.75, 3.05) is 20.3 Å². The summed E-state index contributed by atoms with van der Waals surface area (Å²) in [5.74, 6) is 0. The van der Waals surface area contributed by atoms with E-state index in [2.05, 4.69) is 24.3 Å². The standard InChI is InChI=1S/C7H16N2O/c1-6-4-10-5-7(2)9(6)8-3/h6-8H,4-5H2,1-3H3/t6-,7+. The zero-order valence-electron chi connectivity index (χ0n) is 6.92. The molecule has 0 radical (unpaired) electrons. The Morgan fingerprint density at radius 2 is 1.80 bits per heavy atom. The normalized spacial score (nSPS) is 36.3. The van der Waals surface area contributed by atoms with Crippen molar-refractivity contribution in [3.05, 3.63) is 0 Å². The highest BCUT2D eigenvalue weighted by Gasteiger charge is 2.23. The van der Waals surface area contributed by atoms with Crippen LogP contribution in [-0.4, -0.2) is 37.4 Å². The van der Waals surface area contributed by atoms with Crippen LogP contribution in [0, 0.1) is 0 Å². The van der Waals surface area contributed by atoms with E-state index in [0.717, 1.165) is 13.2 Å². The Morgan fingerprint density at radius 1 is 1.30 bits per heavy atom. The van der Waals surface area contributed by atoms with Crippen molar-refractivity contribution >= 4 is 0 Å². The molecule has 3 nitrogen and oxygen atoms in total. The summed E-state index contributed by atoms with van der Waals surface area (Å²) < 4.78 is 5.34. The van der Waals surface area contributed by atoms with Gasteiger partial charge in [0.15, 0.2) is 0 Å². The van der Waals surface area contributed by atoms with Gasteiger partial charge >= 0.3 is 0 Å². The lowest BCUT2D eigenvalue weighted by Gasteiger charge is -2.37.